The Morgan fingerprint density at radius 3 is 2.48 bits per heavy atom. The van der Waals surface area contributed by atoms with E-state index in [1.165, 1.54) is 31.4 Å². The molecule has 0 saturated carbocycles. The molecule has 0 aromatic heterocycles. The number of amides is 1. The van der Waals surface area contributed by atoms with E-state index in [-0.39, 0.29) is 10.9 Å². The van der Waals surface area contributed by atoms with Gasteiger partial charge in [-0.15, -0.1) is 0 Å². The van der Waals surface area contributed by atoms with Crippen molar-refractivity contribution in [3.8, 4) is 0 Å². The van der Waals surface area contributed by atoms with Crippen LogP contribution in [0.4, 0.5) is 10.1 Å². The van der Waals surface area contributed by atoms with Gasteiger partial charge in [0.15, 0.2) is 5.11 Å². The van der Waals surface area contributed by atoms with Crippen molar-refractivity contribution in [3.63, 3.8) is 0 Å². The van der Waals surface area contributed by atoms with Crippen molar-refractivity contribution >= 4 is 41.0 Å². The molecule has 0 fully saturated rings. The second-order valence-corrected chi connectivity index (χ2v) is 5.27. The molecule has 7 heteroatoms. The Morgan fingerprint density at radius 1 is 1.12 bits per heavy atom. The number of thiocarbonyl (C=S) groups is 1. The monoisotopic (exact) mass is 358 g/mol. The quantitative estimate of drug-likeness (QED) is 0.499. The van der Waals surface area contributed by atoms with Crippen LogP contribution in [-0.4, -0.2) is 24.1 Å². The lowest BCUT2D eigenvalue weighted by Crippen LogP contribution is -2.33. The summed E-state index contributed by atoms with van der Waals surface area (Å²) in [7, 11) is 1.28. The van der Waals surface area contributed by atoms with E-state index in [4.69, 9.17) is 12.2 Å². The van der Waals surface area contributed by atoms with Crippen molar-refractivity contribution in [2.24, 2.45) is 0 Å². The van der Waals surface area contributed by atoms with Crippen LogP contribution in [0.1, 0.15) is 15.9 Å². The molecule has 2 aromatic rings. The molecule has 2 rings (SSSR count). The fourth-order valence-electron chi connectivity index (χ4n) is 1.93. The van der Waals surface area contributed by atoms with Gasteiger partial charge in [-0.3, -0.25) is 10.1 Å². The van der Waals surface area contributed by atoms with Gasteiger partial charge >= 0.3 is 5.97 Å². The molecule has 1 amide bonds. The Bertz CT molecular complexity index is 819. The standard InChI is InChI=1S/C18H15FN2O3S/c1-24-17(23)14-4-2-3-5-15(14)20-18(25)21-16(22)11-8-12-6-9-13(19)10-7-12/h2-11H,1H3,(H2,20,21,22,25). The average molecular weight is 358 g/mol. The van der Waals surface area contributed by atoms with Crippen molar-refractivity contribution in [3.05, 3.63) is 71.6 Å². The molecule has 2 N–H and O–H groups in total. The lowest BCUT2D eigenvalue weighted by Gasteiger charge is -2.11. The number of hydrogen-bond acceptors (Lipinski definition) is 4. The maximum atomic E-state index is 12.8. The number of ether oxygens (including phenoxy) is 1. The van der Waals surface area contributed by atoms with Crippen LogP contribution in [0.25, 0.3) is 6.08 Å². The first-order chi connectivity index (χ1) is 12.0. The van der Waals surface area contributed by atoms with Gasteiger partial charge in [0.2, 0.25) is 5.91 Å². The number of halogens is 1. The SMILES string of the molecule is COC(=O)c1ccccc1NC(=S)NC(=O)C=Cc1ccc(F)cc1. The predicted molar refractivity (Wildman–Crippen MR) is 97.6 cm³/mol. The minimum Gasteiger partial charge on any atom is -0.465 e. The third kappa shape index (κ3) is 5.50. The second kappa shape index (κ2) is 8.70. The molecule has 128 valence electrons. The smallest absolute Gasteiger partial charge is 0.339 e. The van der Waals surface area contributed by atoms with Gasteiger partial charge in [0.1, 0.15) is 5.82 Å². The molecule has 0 bridgehead atoms. The van der Waals surface area contributed by atoms with Crippen molar-refractivity contribution in [1.29, 1.82) is 0 Å². The first-order valence-corrected chi connectivity index (χ1v) is 7.63. The van der Waals surface area contributed by atoms with Crippen LogP contribution in [0.5, 0.6) is 0 Å². The highest BCUT2D eigenvalue weighted by Crippen LogP contribution is 2.15. The zero-order chi connectivity index (χ0) is 18.2. The summed E-state index contributed by atoms with van der Waals surface area (Å²) in [5.41, 5.74) is 1.39. The molecular formula is C18H15FN2O3S. The van der Waals surface area contributed by atoms with Crippen molar-refractivity contribution in [2.75, 3.05) is 12.4 Å². The molecule has 2 aromatic carbocycles. The molecule has 0 aliphatic heterocycles. The molecule has 0 unspecified atom stereocenters. The normalized spacial score (nSPS) is 10.3. The summed E-state index contributed by atoms with van der Waals surface area (Å²) in [4.78, 5) is 23.6. The number of hydrogen-bond donors (Lipinski definition) is 2. The highest BCUT2D eigenvalue weighted by atomic mass is 32.1. The van der Waals surface area contributed by atoms with Gasteiger partial charge in [-0.25, -0.2) is 9.18 Å². The molecule has 0 spiro atoms. The molecule has 0 radical (unpaired) electrons. The second-order valence-electron chi connectivity index (χ2n) is 4.87. The van der Waals surface area contributed by atoms with Crippen LogP contribution in [0.2, 0.25) is 0 Å². The highest BCUT2D eigenvalue weighted by molar-refractivity contribution is 7.80. The van der Waals surface area contributed by atoms with E-state index >= 15 is 0 Å². The summed E-state index contributed by atoms with van der Waals surface area (Å²) in [5.74, 6) is -1.33. The minimum absolute atomic E-state index is 0.0325. The van der Waals surface area contributed by atoms with Gasteiger partial charge < -0.3 is 10.1 Å². The maximum Gasteiger partial charge on any atom is 0.339 e. The highest BCUT2D eigenvalue weighted by Gasteiger charge is 2.12. The lowest BCUT2D eigenvalue weighted by molar-refractivity contribution is -0.115. The van der Waals surface area contributed by atoms with Gasteiger partial charge in [-0.1, -0.05) is 24.3 Å². The molecule has 0 heterocycles. The average Bonchev–Trinajstić information content (AvgIpc) is 2.61. The topological polar surface area (TPSA) is 67.4 Å². The van der Waals surface area contributed by atoms with Crippen LogP contribution < -0.4 is 10.6 Å². The van der Waals surface area contributed by atoms with Crippen molar-refractivity contribution in [2.45, 2.75) is 0 Å². The predicted octanol–water partition coefficient (Wildman–Crippen LogP) is 3.14. The molecule has 5 nitrogen and oxygen atoms in total. The van der Waals surface area contributed by atoms with E-state index < -0.39 is 11.9 Å². The van der Waals surface area contributed by atoms with Gasteiger partial charge in [0.05, 0.1) is 18.4 Å². The van der Waals surface area contributed by atoms with Crippen LogP contribution in [0.3, 0.4) is 0 Å². The summed E-state index contributed by atoms with van der Waals surface area (Å²) in [6, 6.07) is 12.3. The Balaban J connectivity index is 1.97. The van der Waals surface area contributed by atoms with Crippen LogP contribution >= 0.6 is 12.2 Å². The number of methoxy groups -OCH3 is 1. The lowest BCUT2D eigenvalue weighted by atomic mass is 10.2. The Kier molecular flexibility index (Phi) is 6.36. The number of benzene rings is 2. The van der Waals surface area contributed by atoms with Gasteiger partial charge in [0, 0.05) is 6.08 Å². The zero-order valence-corrected chi connectivity index (χ0v) is 14.1. The number of rotatable bonds is 4. The van der Waals surface area contributed by atoms with Crippen molar-refractivity contribution < 1.29 is 18.7 Å². The third-order valence-corrected chi connectivity index (χ3v) is 3.32. The third-order valence-electron chi connectivity index (χ3n) is 3.11. The summed E-state index contributed by atoms with van der Waals surface area (Å²) in [5, 5.41) is 5.27. The fourth-order valence-corrected chi connectivity index (χ4v) is 2.14. The van der Waals surface area contributed by atoms with E-state index in [2.05, 4.69) is 15.4 Å². The molecule has 0 atom stereocenters. The molecular weight excluding hydrogens is 343 g/mol. The van der Waals surface area contributed by atoms with Crippen LogP contribution in [0, 0.1) is 5.82 Å². The zero-order valence-electron chi connectivity index (χ0n) is 13.3. The summed E-state index contributed by atoms with van der Waals surface area (Å²) >= 11 is 5.06. The number of anilines is 1. The van der Waals surface area contributed by atoms with Gasteiger partial charge in [0.25, 0.3) is 0 Å². The number of carbonyl (C=O) groups excluding carboxylic acids is 2. The van der Waals surface area contributed by atoms with Crippen LogP contribution in [-0.2, 0) is 9.53 Å². The van der Waals surface area contributed by atoms with Crippen molar-refractivity contribution in [1.82, 2.24) is 5.32 Å². The van der Waals surface area contributed by atoms with Gasteiger partial charge in [-0.05, 0) is 48.1 Å². The largest absolute Gasteiger partial charge is 0.465 e. The van der Waals surface area contributed by atoms with Crippen LogP contribution in [0.15, 0.2) is 54.6 Å². The maximum absolute atomic E-state index is 12.8. The fraction of sp³-hybridized carbons (Fsp3) is 0.0556. The molecule has 0 aliphatic rings. The molecule has 25 heavy (non-hydrogen) atoms. The van der Waals surface area contributed by atoms with E-state index in [9.17, 15) is 14.0 Å². The van der Waals surface area contributed by atoms with Gasteiger partial charge in [-0.2, -0.15) is 0 Å². The number of esters is 1. The molecule has 0 saturated heterocycles. The Hall–Kier alpha value is -3.06. The summed E-state index contributed by atoms with van der Waals surface area (Å²) in [6.07, 6.45) is 2.80. The first-order valence-electron chi connectivity index (χ1n) is 7.22. The first kappa shape index (κ1) is 18.3. The Morgan fingerprint density at radius 2 is 1.80 bits per heavy atom. The van der Waals surface area contributed by atoms with E-state index in [1.54, 1.807) is 36.4 Å². The number of para-hydroxylation sites is 1. The van der Waals surface area contributed by atoms with E-state index in [0.717, 1.165) is 0 Å². The van der Waals surface area contributed by atoms with E-state index in [1.807, 2.05) is 0 Å². The minimum atomic E-state index is -0.520. The number of carbonyl (C=O) groups is 2. The molecule has 0 aliphatic carbocycles. The van der Waals surface area contributed by atoms with E-state index in [0.29, 0.717) is 16.8 Å². The Labute approximate surface area is 149 Å². The number of nitrogens with one attached hydrogen (secondary N) is 2. The summed E-state index contributed by atoms with van der Waals surface area (Å²) < 4.78 is 17.5. The summed E-state index contributed by atoms with van der Waals surface area (Å²) in [6.45, 7) is 0.